The first-order valence-corrected chi connectivity index (χ1v) is 12.6. The number of carbonyl (C=O) groups excluding carboxylic acids is 2. The number of carbonyl (C=O) groups is 2. The molecule has 0 aromatic heterocycles. The largest absolute Gasteiger partial charge is 0.416 e. The first-order chi connectivity index (χ1) is 18.1. The summed E-state index contributed by atoms with van der Waals surface area (Å²) in [6.07, 6.45) is -9.79. The highest BCUT2D eigenvalue weighted by molar-refractivity contribution is 6.00. The first kappa shape index (κ1) is 29.1. The lowest BCUT2D eigenvalue weighted by molar-refractivity contribution is -0.152. The van der Waals surface area contributed by atoms with E-state index in [2.05, 4.69) is 5.32 Å². The van der Waals surface area contributed by atoms with Crippen LogP contribution in [0.4, 0.5) is 26.3 Å². The predicted molar refractivity (Wildman–Crippen MR) is 131 cm³/mol. The van der Waals surface area contributed by atoms with Gasteiger partial charge in [-0.2, -0.15) is 26.3 Å². The molecule has 5 nitrogen and oxygen atoms in total. The zero-order valence-corrected chi connectivity index (χ0v) is 21.7. The molecular weight excluding hydrogens is 526 g/mol. The van der Waals surface area contributed by atoms with Crippen molar-refractivity contribution >= 4 is 11.7 Å². The fraction of sp³-hybridized carbons (Fsp3) is 0.500. The van der Waals surface area contributed by atoms with Gasteiger partial charge in [0.15, 0.2) is 5.78 Å². The molecule has 3 atom stereocenters. The second kappa shape index (κ2) is 10.2. The third kappa shape index (κ3) is 5.30. The number of amides is 1. The van der Waals surface area contributed by atoms with Gasteiger partial charge < -0.3 is 15.0 Å². The van der Waals surface area contributed by atoms with Crippen molar-refractivity contribution in [3.8, 4) is 0 Å². The Kier molecular flexibility index (Phi) is 7.63. The number of hydrogen-bond donors (Lipinski definition) is 1. The van der Waals surface area contributed by atoms with Crippen LogP contribution in [0.15, 0.2) is 48.5 Å². The molecule has 4 rings (SSSR count). The number of rotatable bonds is 6. The lowest BCUT2D eigenvalue weighted by Gasteiger charge is -2.45. The van der Waals surface area contributed by atoms with Gasteiger partial charge in [-0.05, 0) is 56.0 Å². The maximum absolute atomic E-state index is 14.1. The monoisotopic (exact) mass is 556 g/mol. The molecule has 2 aromatic rings. The molecule has 11 heteroatoms. The van der Waals surface area contributed by atoms with E-state index in [1.54, 1.807) is 18.2 Å². The van der Waals surface area contributed by atoms with Crippen LogP contribution in [0.3, 0.4) is 0 Å². The summed E-state index contributed by atoms with van der Waals surface area (Å²) in [6, 6.07) is 10.2. The number of likely N-dealkylation sites (N-methyl/N-ethyl adjacent to an activating group) is 1. The molecule has 2 aliphatic heterocycles. The highest BCUT2D eigenvalue weighted by atomic mass is 19.4. The Labute approximate surface area is 222 Å². The quantitative estimate of drug-likeness (QED) is 0.489. The second-order valence-electron chi connectivity index (χ2n) is 10.7. The van der Waals surface area contributed by atoms with E-state index in [4.69, 9.17) is 4.74 Å². The molecule has 2 heterocycles. The zero-order valence-electron chi connectivity index (χ0n) is 21.7. The Morgan fingerprint density at radius 1 is 0.949 bits per heavy atom. The molecule has 39 heavy (non-hydrogen) atoms. The summed E-state index contributed by atoms with van der Waals surface area (Å²) in [4.78, 5) is 29.4. The number of Topliss-reactive ketones (excluding diaryl/α,β-unsaturated/α-hetero) is 1. The molecule has 0 bridgehead atoms. The average molecular weight is 557 g/mol. The summed E-state index contributed by atoms with van der Waals surface area (Å²) in [6.45, 7) is 3.31. The summed E-state index contributed by atoms with van der Waals surface area (Å²) in [5.41, 5.74) is -6.02. The van der Waals surface area contributed by atoms with Gasteiger partial charge in [-0.25, -0.2) is 0 Å². The molecular formula is C28H30F6N2O3. The molecule has 2 fully saturated rings. The van der Waals surface area contributed by atoms with Gasteiger partial charge in [0, 0.05) is 32.7 Å². The zero-order chi connectivity index (χ0) is 28.8. The predicted octanol–water partition coefficient (Wildman–Crippen LogP) is 5.33. The molecule has 212 valence electrons. The fourth-order valence-electron chi connectivity index (χ4n) is 5.66. The molecule has 0 radical (unpaired) electrons. The van der Waals surface area contributed by atoms with Crippen molar-refractivity contribution in [3.05, 3.63) is 70.8 Å². The van der Waals surface area contributed by atoms with Gasteiger partial charge in [0.2, 0.25) is 5.91 Å². The van der Waals surface area contributed by atoms with Crippen molar-refractivity contribution in [1.29, 1.82) is 0 Å². The van der Waals surface area contributed by atoms with Gasteiger partial charge >= 0.3 is 12.4 Å². The number of benzene rings is 2. The van der Waals surface area contributed by atoms with E-state index < -0.39 is 57.9 Å². The number of nitrogens with one attached hydrogen (secondary N) is 1. The molecule has 0 saturated carbocycles. The van der Waals surface area contributed by atoms with Crippen LogP contribution >= 0.6 is 0 Å². The summed E-state index contributed by atoms with van der Waals surface area (Å²) >= 11 is 0. The van der Waals surface area contributed by atoms with E-state index in [0.717, 1.165) is 5.56 Å². The Morgan fingerprint density at radius 3 is 2.03 bits per heavy atom. The second-order valence-corrected chi connectivity index (χ2v) is 10.7. The van der Waals surface area contributed by atoms with Crippen molar-refractivity contribution in [2.24, 2.45) is 0 Å². The van der Waals surface area contributed by atoms with Gasteiger partial charge in [-0.15, -0.1) is 0 Å². The van der Waals surface area contributed by atoms with Crippen LogP contribution in [0.2, 0.25) is 0 Å². The number of hydrogen-bond acceptors (Lipinski definition) is 4. The third-order valence-electron chi connectivity index (χ3n) is 7.92. The Hall–Kier alpha value is -2.92. The molecule has 2 aromatic carbocycles. The minimum Gasteiger partial charge on any atom is -0.370 e. The normalized spacial score (nSPS) is 24.1. The molecule has 0 unspecified atom stereocenters. The molecule has 1 N–H and O–H groups in total. The average Bonchev–Trinajstić information content (AvgIpc) is 3.58. The van der Waals surface area contributed by atoms with Crippen molar-refractivity contribution in [2.45, 2.75) is 62.0 Å². The van der Waals surface area contributed by atoms with Crippen LogP contribution in [0, 0.1) is 0 Å². The number of alkyl halides is 6. The smallest absolute Gasteiger partial charge is 0.370 e. The van der Waals surface area contributed by atoms with E-state index in [0.29, 0.717) is 38.1 Å². The van der Waals surface area contributed by atoms with E-state index in [9.17, 15) is 35.9 Å². The maximum atomic E-state index is 14.1. The van der Waals surface area contributed by atoms with Crippen molar-refractivity contribution in [3.63, 3.8) is 0 Å². The van der Waals surface area contributed by atoms with Gasteiger partial charge in [0.1, 0.15) is 11.6 Å². The molecule has 0 spiro atoms. The van der Waals surface area contributed by atoms with Crippen LogP contribution in [0.5, 0.6) is 0 Å². The van der Waals surface area contributed by atoms with E-state index in [1.165, 1.54) is 25.8 Å². The van der Waals surface area contributed by atoms with Crippen molar-refractivity contribution in [1.82, 2.24) is 10.2 Å². The van der Waals surface area contributed by atoms with Crippen molar-refractivity contribution < 1.29 is 40.7 Å². The van der Waals surface area contributed by atoms with Crippen LogP contribution in [-0.2, 0) is 32.1 Å². The third-order valence-corrected chi connectivity index (χ3v) is 7.92. The first-order valence-electron chi connectivity index (χ1n) is 12.6. The SMILES string of the molecule is CN(C(=O)C(C)(C)c1cc(C(F)(F)F)cc(C(F)(F)F)c1)[C@]1(C(=O)[C@@H]2CCCO2)CNC[C@H]1c1ccccc1. The van der Waals surface area contributed by atoms with E-state index in [1.807, 2.05) is 12.1 Å². The van der Waals surface area contributed by atoms with E-state index in [-0.39, 0.29) is 18.4 Å². The molecule has 2 saturated heterocycles. The standard InChI is InChI=1S/C28H30F6N2O3/c1-25(2,18-12-19(27(29,30)31)14-20(13-18)28(32,33)34)24(38)36(3)26(23(37)22-10-7-11-39-22)16-35-15-21(26)17-8-5-4-6-9-17/h4-6,8-9,12-14,21-22,35H,7,10-11,15-16H2,1-3H3/t21-,22-,26+/m0/s1. The van der Waals surface area contributed by atoms with Gasteiger partial charge in [-0.1, -0.05) is 30.3 Å². The summed E-state index contributed by atoms with van der Waals surface area (Å²) in [5, 5.41) is 3.18. The lowest BCUT2D eigenvalue weighted by atomic mass is 9.73. The topological polar surface area (TPSA) is 58.6 Å². The molecule has 1 amide bonds. The summed E-state index contributed by atoms with van der Waals surface area (Å²) in [7, 11) is 1.39. The molecule has 2 aliphatic rings. The van der Waals surface area contributed by atoms with Crippen LogP contribution in [0.25, 0.3) is 0 Å². The highest BCUT2D eigenvalue weighted by Gasteiger charge is 2.58. The Bertz CT molecular complexity index is 1190. The molecule has 0 aliphatic carbocycles. The number of halogens is 6. The highest BCUT2D eigenvalue weighted by Crippen LogP contribution is 2.43. The number of nitrogens with zero attached hydrogens (tertiary/aromatic N) is 1. The van der Waals surface area contributed by atoms with Crippen LogP contribution < -0.4 is 5.32 Å². The minimum atomic E-state index is -5.06. The number of ketones is 1. The summed E-state index contributed by atoms with van der Waals surface area (Å²) < 4.78 is 87.1. The van der Waals surface area contributed by atoms with Crippen LogP contribution in [0.1, 0.15) is 54.9 Å². The van der Waals surface area contributed by atoms with Crippen molar-refractivity contribution in [2.75, 3.05) is 26.7 Å². The summed E-state index contributed by atoms with van der Waals surface area (Å²) in [5.74, 6) is -1.65. The van der Waals surface area contributed by atoms with Crippen LogP contribution in [-0.4, -0.2) is 55.0 Å². The maximum Gasteiger partial charge on any atom is 0.416 e. The fourth-order valence-corrected chi connectivity index (χ4v) is 5.66. The number of ether oxygens (including phenoxy) is 1. The Morgan fingerprint density at radius 2 is 1.51 bits per heavy atom. The van der Waals surface area contributed by atoms with E-state index >= 15 is 0 Å². The van der Waals surface area contributed by atoms with Gasteiger partial charge in [0.05, 0.1) is 16.5 Å². The van der Waals surface area contributed by atoms with Gasteiger partial charge in [0.25, 0.3) is 0 Å². The minimum absolute atomic E-state index is 0.0303. The lowest BCUT2D eigenvalue weighted by Crippen LogP contribution is -2.64. The van der Waals surface area contributed by atoms with Gasteiger partial charge in [-0.3, -0.25) is 9.59 Å². The Balaban J connectivity index is 1.82.